The molecule has 4 heteroatoms. The highest BCUT2D eigenvalue weighted by Gasteiger charge is 2.12. The predicted molar refractivity (Wildman–Crippen MR) is 72.2 cm³/mol. The molecule has 2 N–H and O–H groups in total. The number of carboxylic acids is 1. The summed E-state index contributed by atoms with van der Waals surface area (Å²) in [6.45, 7) is 0. The quantitative estimate of drug-likeness (QED) is 0.811. The van der Waals surface area contributed by atoms with Gasteiger partial charge in [0.25, 0.3) is 0 Å². The predicted octanol–water partition coefficient (Wildman–Crippen LogP) is 3.04. The fraction of sp³-hybridized carbons (Fsp3) is 0.333. The maximum absolute atomic E-state index is 10.9. The molecule has 0 saturated carbocycles. The minimum absolute atomic E-state index is 0.130. The van der Waals surface area contributed by atoms with Crippen molar-refractivity contribution in [1.82, 2.24) is 10.2 Å². The lowest BCUT2D eigenvalue weighted by molar-refractivity contribution is 0.0690. The third kappa shape index (κ3) is 2.38. The highest BCUT2D eigenvalue weighted by Crippen LogP contribution is 2.26. The summed E-state index contributed by atoms with van der Waals surface area (Å²) >= 11 is 0. The minimum Gasteiger partial charge on any atom is -0.477 e. The van der Waals surface area contributed by atoms with Crippen molar-refractivity contribution in [2.75, 3.05) is 0 Å². The first-order chi connectivity index (χ1) is 9.24. The van der Waals surface area contributed by atoms with Crippen molar-refractivity contribution in [3.63, 3.8) is 0 Å². The number of aromatic amines is 1. The van der Waals surface area contributed by atoms with Crippen LogP contribution in [0, 0.1) is 0 Å². The Morgan fingerprint density at radius 2 is 1.89 bits per heavy atom. The van der Waals surface area contributed by atoms with Gasteiger partial charge in [0.1, 0.15) is 5.69 Å². The van der Waals surface area contributed by atoms with Crippen LogP contribution in [0.3, 0.4) is 0 Å². The van der Waals surface area contributed by atoms with Crippen LogP contribution in [0.5, 0.6) is 0 Å². The lowest BCUT2D eigenvalue weighted by Crippen LogP contribution is -1.95. The SMILES string of the molecule is O=C(O)c1cc(-c2ccc3c(c2)CCCCC3)n[nH]1. The average Bonchev–Trinajstić information content (AvgIpc) is 2.78. The second-order valence-corrected chi connectivity index (χ2v) is 5.02. The summed E-state index contributed by atoms with van der Waals surface area (Å²) in [5.74, 6) is -0.978. The number of nitrogens with zero attached hydrogens (tertiary/aromatic N) is 1. The first kappa shape index (κ1) is 12.0. The molecule has 4 nitrogen and oxygen atoms in total. The van der Waals surface area contributed by atoms with E-state index in [1.54, 1.807) is 6.07 Å². The van der Waals surface area contributed by atoms with Crippen molar-refractivity contribution in [2.24, 2.45) is 0 Å². The van der Waals surface area contributed by atoms with Gasteiger partial charge in [0.15, 0.2) is 0 Å². The zero-order valence-corrected chi connectivity index (χ0v) is 10.6. The van der Waals surface area contributed by atoms with E-state index in [4.69, 9.17) is 5.11 Å². The molecule has 0 bridgehead atoms. The smallest absolute Gasteiger partial charge is 0.353 e. The third-order valence-electron chi connectivity index (χ3n) is 3.70. The molecule has 0 fully saturated rings. The van der Waals surface area contributed by atoms with Gasteiger partial charge in [0, 0.05) is 5.56 Å². The second-order valence-electron chi connectivity index (χ2n) is 5.02. The Hall–Kier alpha value is -2.10. The molecule has 1 aromatic heterocycles. The van der Waals surface area contributed by atoms with Gasteiger partial charge in [-0.25, -0.2) is 4.79 Å². The van der Waals surface area contributed by atoms with Crippen molar-refractivity contribution >= 4 is 5.97 Å². The molecule has 1 aliphatic rings. The maximum Gasteiger partial charge on any atom is 0.353 e. The molecule has 0 atom stereocenters. The summed E-state index contributed by atoms with van der Waals surface area (Å²) < 4.78 is 0. The standard InChI is InChI=1S/C15H16N2O2/c18-15(19)14-9-13(16-17-14)12-7-6-10-4-2-1-3-5-11(10)8-12/h6-9H,1-5H2,(H,16,17)(H,18,19). The topological polar surface area (TPSA) is 66.0 Å². The van der Waals surface area contributed by atoms with Gasteiger partial charge < -0.3 is 5.11 Å². The molecule has 0 amide bonds. The number of hydrogen-bond acceptors (Lipinski definition) is 2. The van der Waals surface area contributed by atoms with Crippen molar-refractivity contribution in [2.45, 2.75) is 32.1 Å². The van der Waals surface area contributed by atoms with Crippen LogP contribution in [0.25, 0.3) is 11.3 Å². The fourth-order valence-electron chi connectivity index (χ4n) is 2.65. The number of carboxylic acid groups (broad SMARTS) is 1. The van der Waals surface area contributed by atoms with Crippen molar-refractivity contribution in [1.29, 1.82) is 0 Å². The summed E-state index contributed by atoms with van der Waals surface area (Å²) in [7, 11) is 0. The Balaban J connectivity index is 1.96. The zero-order valence-electron chi connectivity index (χ0n) is 10.6. The minimum atomic E-state index is -0.978. The highest BCUT2D eigenvalue weighted by molar-refractivity contribution is 5.86. The van der Waals surface area contributed by atoms with Crippen LogP contribution in [0.4, 0.5) is 0 Å². The molecule has 0 radical (unpaired) electrons. The average molecular weight is 256 g/mol. The van der Waals surface area contributed by atoms with E-state index in [0.717, 1.165) is 18.4 Å². The number of H-pyrrole nitrogens is 1. The van der Waals surface area contributed by atoms with E-state index >= 15 is 0 Å². The van der Waals surface area contributed by atoms with Gasteiger partial charge in [0.05, 0.1) is 5.69 Å². The normalized spacial score (nSPS) is 14.7. The molecule has 1 aromatic carbocycles. The zero-order chi connectivity index (χ0) is 13.2. The van der Waals surface area contributed by atoms with Crippen LogP contribution in [0.1, 0.15) is 40.9 Å². The number of hydrogen-bond donors (Lipinski definition) is 2. The molecule has 98 valence electrons. The number of aromatic nitrogens is 2. The molecule has 2 aromatic rings. The number of benzene rings is 1. The number of aryl methyl sites for hydroxylation is 2. The van der Waals surface area contributed by atoms with E-state index < -0.39 is 5.97 Å². The number of nitrogens with one attached hydrogen (secondary N) is 1. The van der Waals surface area contributed by atoms with Gasteiger partial charge in [0.2, 0.25) is 0 Å². The molecular formula is C15H16N2O2. The van der Waals surface area contributed by atoms with Crippen LogP contribution in [-0.4, -0.2) is 21.3 Å². The largest absolute Gasteiger partial charge is 0.477 e. The van der Waals surface area contributed by atoms with Crippen LogP contribution < -0.4 is 0 Å². The number of carbonyl (C=O) groups is 1. The van der Waals surface area contributed by atoms with E-state index in [1.165, 1.54) is 30.4 Å². The van der Waals surface area contributed by atoms with Gasteiger partial charge in [-0.2, -0.15) is 5.10 Å². The van der Waals surface area contributed by atoms with E-state index in [9.17, 15) is 4.79 Å². The van der Waals surface area contributed by atoms with Gasteiger partial charge in [-0.15, -0.1) is 0 Å². The Morgan fingerprint density at radius 1 is 1.11 bits per heavy atom. The monoisotopic (exact) mass is 256 g/mol. The lowest BCUT2D eigenvalue weighted by Gasteiger charge is -2.07. The van der Waals surface area contributed by atoms with E-state index in [1.807, 2.05) is 6.07 Å². The van der Waals surface area contributed by atoms with Gasteiger partial charge in [-0.1, -0.05) is 18.6 Å². The summed E-state index contributed by atoms with van der Waals surface area (Å²) in [5, 5.41) is 15.5. The highest BCUT2D eigenvalue weighted by atomic mass is 16.4. The number of fused-ring (bicyclic) bond motifs is 1. The van der Waals surface area contributed by atoms with Gasteiger partial charge in [-0.3, -0.25) is 5.10 Å². The molecule has 1 heterocycles. The van der Waals surface area contributed by atoms with Gasteiger partial charge >= 0.3 is 5.97 Å². The van der Waals surface area contributed by atoms with Crippen LogP contribution >= 0.6 is 0 Å². The van der Waals surface area contributed by atoms with Crippen molar-refractivity contribution in [3.05, 3.63) is 41.1 Å². The molecule has 19 heavy (non-hydrogen) atoms. The van der Waals surface area contributed by atoms with Crippen molar-refractivity contribution < 1.29 is 9.90 Å². The fourth-order valence-corrected chi connectivity index (χ4v) is 2.65. The van der Waals surface area contributed by atoms with Crippen LogP contribution in [0.2, 0.25) is 0 Å². The van der Waals surface area contributed by atoms with E-state index in [2.05, 4.69) is 22.3 Å². The van der Waals surface area contributed by atoms with E-state index in [0.29, 0.717) is 5.69 Å². The van der Waals surface area contributed by atoms with Crippen molar-refractivity contribution in [3.8, 4) is 11.3 Å². The summed E-state index contributed by atoms with van der Waals surface area (Å²) in [6.07, 6.45) is 6.04. The number of aromatic carboxylic acids is 1. The van der Waals surface area contributed by atoms with E-state index in [-0.39, 0.29) is 5.69 Å². The molecule has 0 saturated heterocycles. The summed E-state index contributed by atoms with van der Waals surface area (Å²) in [6, 6.07) is 7.93. The van der Waals surface area contributed by atoms with Crippen LogP contribution in [-0.2, 0) is 12.8 Å². The first-order valence-corrected chi connectivity index (χ1v) is 6.65. The first-order valence-electron chi connectivity index (χ1n) is 6.65. The maximum atomic E-state index is 10.9. The molecule has 0 spiro atoms. The molecule has 0 aliphatic heterocycles. The van der Waals surface area contributed by atoms with Crippen LogP contribution in [0.15, 0.2) is 24.3 Å². The Kier molecular flexibility index (Phi) is 3.07. The Morgan fingerprint density at radius 3 is 2.63 bits per heavy atom. The Labute approximate surface area is 111 Å². The molecule has 3 rings (SSSR count). The second kappa shape index (κ2) is 4.88. The van der Waals surface area contributed by atoms with Gasteiger partial charge in [-0.05, 0) is 48.9 Å². The third-order valence-corrected chi connectivity index (χ3v) is 3.70. The Bertz CT molecular complexity index is 616. The molecule has 0 unspecified atom stereocenters. The molecular weight excluding hydrogens is 240 g/mol. The summed E-state index contributed by atoms with van der Waals surface area (Å²) in [4.78, 5) is 10.9. The lowest BCUT2D eigenvalue weighted by atomic mass is 9.99. The summed E-state index contributed by atoms with van der Waals surface area (Å²) in [5.41, 5.74) is 4.63. The molecule has 1 aliphatic carbocycles. The number of rotatable bonds is 2.